The van der Waals surface area contributed by atoms with Gasteiger partial charge in [0.15, 0.2) is 5.75 Å². The van der Waals surface area contributed by atoms with Crippen LogP contribution in [-0.4, -0.2) is 69.4 Å². The molecule has 1 saturated heterocycles. The van der Waals surface area contributed by atoms with Crippen molar-refractivity contribution in [3.8, 4) is 17.2 Å². The maximum absolute atomic E-state index is 13.2. The zero-order chi connectivity index (χ0) is 24.6. The highest BCUT2D eigenvalue weighted by Crippen LogP contribution is 2.49. The highest BCUT2D eigenvalue weighted by molar-refractivity contribution is 5.99. The summed E-state index contributed by atoms with van der Waals surface area (Å²) in [5.74, 6) is 1.79. The number of aliphatic hydroxyl groups is 1. The summed E-state index contributed by atoms with van der Waals surface area (Å²) in [6.45, 7) is 3.75. The second-order valence-electron chi connectivity index (χ2n) is 10.3. The van der Waals surface area contributed by atoms with Gasteiger partial charge in [0.05, 0.1) is 36.1 Å². The van der Waals surface area contributed by atoms with Gasteiger partial charge in [-0.3, -0.25) is 9.69 Å². The first-order valence-electron chi connectivity index (χ1n) is 12.4. The zero-order valence-electron chi connectivity index (χ0n) is 19.9. The largest absolute Gasteiger partial charge is 0.489 e. The number of hydrogen-bond donors (Lipinski definition) is 2. The lowest BCUT2D eigenvalue weighted by atomic mass is 10.1. The van der Waals surface area contributed by atoms with Crippen LogP contribution in [0.4, 0.5) is 10.5 Å². The van der Waals surface area contributed by atoms with Crippen LogP contribution in [-0.2, 0) is 0 Å². The Balaban J connectivity index is 1.16. The number of nitrogens with zero attached hydrogens (tertiary/aromatic N) is 4. The summed E-state index contributed by atoms with van der Waals surface area (Å²) in [5.41, 5.74) is 2.04. The quantitative estimate of drug-likeness (QED) is 0.584. The average Bonchev–Trinajstić information content (AvgIpc) is 3.74. The molecular weight excluding hydrogens is 462 g/mol. The Hall–Kier alpha value is -3.79. The molecule has 3 amide bonds. The molecule has 2 atom stereocenters. The fourth-order valence-electron chi connectivity index (χ4n) is 5.39. The van der Waals surface area contributed by atoms with Crippen molar-refractivity contribution >= 4 is 23.1 Å². The predicted molar refractivity (Wildman–Crippen MR) is 130 cm³/mol. The van der Waals surface area contributed by atoms with Crippen LogP contribution in [0.1, 0.15) is 35.2 Å². The standard InChI is InChI=1S/C26H27N5O5/c1-15-19(24(32)29-12-16-11-26(16,34)14-29)13-31-23(15)21(6-7-27-31)36-18-4-5-20-22(10-18)35-9-8-30(20)25(33)28-17-2-3-17/h4-7,10,13,16-17,34H,2-3,8-9,11-12,14H2,1H3,(H,28,33)/t16?,26-/m1/s1. The Morgan fingerprint density at radius 2 is 2.14 bits per heavy atom. The summed E-state index contributed by atoms with van der Waals surface area (Å²) in [7, 11) is 0. The van der Waals surface area contributed by atoms with E-state index in [1.165, 1.54) is 0 Å². The van der Waals surface area contributed by atoms with E-state index in [2.05, 4.69) is 10.4 Å². The third-order valence-electron chi connectivity index (χ3n) is 7.69. The van der Waals surface area contributed by atoms with Gasteiger partial charge in [0.2, 0.25) is 0 Å². The van der Waals surface area contributed by atoms with E-state index in [1.54, 1.807) is 38.8 Å². The summed E-state index contributed by atoms with van der Waals surface area (Å²) in [6, 6.07) is 7.37. The van der Waals surface area contributed by atoms with Crippen LogP contribution < -0.4 is 19.7 Å². The Morgan fingerprint density at radius 3 is 2.92 bits per heavy atom. The van der Waals surface area contributed by atoms with Gasteiger partial charge in [-0.15, -0.1) is 0 Å². The first kappa shape index (κ1) is 21.5. The molecule has 2 aliphatic heterocycles. The van der Waals surface area contributed by atoms with Crippen LogP contribution in [0.3, 0.4) is 0 Å². The van der Waals surface area contributed by atoms with Gasteiger partial charge in [0, 0.05) is 36.8 Å². The van der Waals surface area contributed by atoms with Crippen molar-refractivity contribution < 1.29 is 24.2 Å². The third kappa shape index (κ3) is 3.47. The summed E-state index contributed by atoms with van der Waals surface area (Å²) >= 11 is 0. The molecule has 186 valence electrons. The topological polar surface area (TPSA) is 109 Å². The van der Waals surface area contributed by atoms with Crippen LogP contribution in [0.25, 0.3) is 5.52 Å². The van der Waals surface area contributed by atoms with Gasteiger partial charge in [0.1, 0.15) is 23.6 Å². The number of nitrogens with one attached hydrogen (secondary N) is 1. The molecule has 4 heterocycles. The molecular formula is C26H27N5O5. The Labute approximate surface area is 207 Å². The number of aromatic nitrogens is 2. The van der Waals surface area contributed by atoms with Crippen molar-refractivity contribution in [2.75, 3.05) is 31.1 Å². The smallest absolute Gasteiger partial charge is 0.322 e. The number of anilines is 1. The van der Waals surface area contributed by atoms with E-state index in [4.69, 9.17) is 9.47 Å². The van der Waals surface area contributed by atoms with Crippen molar-refractivity contribution in [1.82, 2.24) is 19.8 Å². The molecule has 1 unspecified atom stereocenters. The molecule has 3 aromatic rings. The number of piperidine rings is 1. The fourth-order valence-corrected chi connectivity index (χ4v) is 5.39. The predicted octanol–water partition coefficient (Wildman–Crippen LogP) is 2.71. The average molecular weight is 490 g/mol. The van der Waals surface area contributed by atoms with Crippen molar-refractivity contribution in [2.45, 2.75) is 37.8 Å². The van der Waals surface area contributed by atoms with Crippen LogP contribution in [0.5, 0.6) is 17.2 Å². The van der Waals surface area contributed by atoms with Crippen molar-refractivity contribution in [1.29, 1.82) is 0 Å². The molecule has 2 saturated carbocycles. The lowest BCUT2D eigenvalue weighted by molar-refractivity contribution is 0.0702. The molecule has 10 heteroatoms. The van der Waals surface area contributed by atoms with Crippen LogP contribution in [0.15, 0.2) is 36.7 Å². The minimum atomic E-state index is -0.697. The van der Waals surface area contributed by atoms with Gasteiger partial charge in [-0.25, -0.2) is 9.31 Å². The molecule has 0 bridgehead atoms. The first-order chi connectivity index (χ1) is 17.4. The monoisotopic (exact) mass is 489 g/mol. The first-order valence-corrected chi connectivity index (χ1v) is 12.4. The molecule has 10 nitrogen and oxygen atoms in total. The van der Waals surface area contributed by atoms with E-state index in [0.717, 1.165) is 24.8 Å². The zero-order valence-corrected chi connectivity index (χ0v) is 19.9. The molecule has 3 fully saturated rings. The molecule has 2 N–H and O–H groups in total. The number of ether oxygens (including phenoxy) is 2. The number of hydrogen-bond acceptors (Lipinski definition) is 6. The van der Waals surface area contributed by atoms with Gasteiger partial charge >= 0.3 is 6.03 Å². The van der Waals surface area contributed by atoms with Gasteiger partial charge in [-0.1, -0.05) is 0 Å². The van der Waals surface area contributed by atoms with E-state index in [1.807, 2.05) is 19.1 Å². The maximum Gasteiger partial charge on any atom is 0.322 e. The number of amides is 3. The summed E-state index contributed by atoms with van der Waals surface area (Å²) < 4.78 is 13.7. The normalized spacial score (nSPS) is 24.2. The molecule has 0 spiro atoms. The Morgan fingerprint density at radius 1 is 1.28 bits per heavy atom. The molecule has 7 rings (SSSR count). The van der Waals surface area contributed by atoms with Gasteiger partial charge in [-0.2, -0.15) is 5.10 Å². The van der Waals surface area contributed by atoms with Crippen LogP contribution >= 0.6 is 0 Å². The van der Waals surface area contributed by atoms with E-state index < -0.39 is 5.60 Å². The lowest BCUT2D eigenvalue weighted by Crippen LogP contribution is -2.45. The second kappa shape index (κ2) is 7.60. The number of urea groups is 1. The molecule has 4 aliphatic rings. The van der Waals surface area contributed by atoms with Crippen molar-refractivity contribution in [2.24, 2.45) is 5.92 Å². The lowest BCUT2D eigenvalue weighted by Gasteiger charge is -2.29. The van der Waals surface area contributed by atoms with E-state index in [0.29, 0.717) is 60.3 Å². The van der Waals surface area contributed by atoms with Crippen molar-refractivity contribution in [3.05, 3.63) is 47.8 Å². The SMILES string of the molecule is Cc1c(C(=O)N2CC3C[C@@]3(O)C2)cn2nccc(Oc3ccc4c(c3)OCCN4C(=O)NC3CC3)c12. The van der Waals surface area contributed by atoms with E-state index in [-0.39, 0.29) is 23.9 Å². The van der Waals surface area contributed by atoms with Gasteiger partial charge in [0.25, 0.3) is 5.91 Å². The van der Waals surface area contributed by atoms with Crippen molar-refractivity contribution in [3.63, 3.8) is 0 Å². The van der Waals surface area contributed by atoms with Gasteiger partial charge in [-0.05, 0) is 43.9 Å². The Bertz CT molecular complexity index is 1420. The highest BCUT2D eigenvalue weighted by Gasteiger charge is 2.60. The van der Waals surface area contributed by atoms with Crippen LogP contribution in [0, 0.1) is 12.8 Å². The summed E-state index contributed by atoms with van der Waals surface area (Å²) in [4.78, 5) is 29.3. The molecule has 1 aromatic carbocycles. The fraction of sp³-hybridized carbons (Fsp3) is 0.423. The number of fused-ring (bicyclic) bond motifs is 3. The molecule has 0 radical (unpaired) electrons. The summed E-state index contributed by atoms with van der Waals surface area (Å²) in [6.07, 6.45) is 6.19. The number of carbonyl (C=O) groups excluding carboxylic acids is 2. The number of likely N-dealkylation sites (tertiary alicyclic amines) is 1. The minimum Gasteiger partial charge on any atom is -0.489 e. The van der Waals surface area contributed by atoms with Crippen LogP contribution in [0.2, 0.25) is 0 Å². The molecule has 36 heavy (non-hydrogen) atoms. The second-order valence-corrected chi connectivity index (χ2v) is 10.3. The van der Waals surface area contributed by atoms with E-state index in [9.17, 15) is 14.7 Å². The summed E-state index contributed by atoms with van der Waals surface area (Å²) in [5, 5.41) is 17.8. The number of β-amino-alcohol motifs (C(OH)–C–C–N with tert-alkyl or cyclic N) is 1. The Kier molecular flexibility index (Phi) is 4.54. The van der Waals surface area contributed by atoms with E-state index >= 15 is 0 Å². The maximum atomic E-state index is 13.2. The third-order valence-corrected chi connectivity index (χ3v) is 7.69. The number of carbonyl (C=O) groups is 2. The molecule has 2 aliphatic carbocycles. The molecule has 2 aromatic heterocycles. The number of aryl methyl sites for hydroxylation is 1. The number of benzene rings is 1. The minimum absolute atomic E-state index is 0.101. The number of rotatable bonds is 4. The van der Waals surface area contributed by atoms with Gasteiger partial charge < -0.3 is 24.8 Å². The highest BCUT2D eigenvalue weighted by atomic mass is 16.5.